The number of amides is 1. The normalized spacial score (nSPS) is 10.7. The number of rotatable bonds is 4. The van der Waals surface area contributed by atoms with E-state index in [0.29, 0.717) is 11.3 Å². The van der Waals surface area contributed by atoms with Crippen LogP contribution in [-0.2, 0) is 7.05 Å². The number of carbonyl (C=O) groups is 1. The van der Waals surface area contributed by atoms with Crippen LogP contribution in [0.1, 0.15) is 16.1 Å². The number of phenolic OH excluding ortho intramolecular Hbond substituents is 1. The third-order valence-corrected chi connectivity index (χ3v) is 2.53. The van der Waals surface area contributed by atoms with Crippen LogP contribution < -0.4 is 10.2 Å². The van der Waals surface area contributed by atoms with E-state index in [1.165, 1.54) is 24.1 Å². The summed E-state index contributed by atoms with van der Waals surface area (Å²) in [5.41, 5.74) is 3.26. The molecule has 0 aliphatic rings. The number of carbonyl (C=O) groups excluding carboxylic acids is 1. The molecule has 7 nitrogen and oxygen atoms in total. The molecule has 0 aliphatic heterocycles. The van der Waals surface area contributed by atoms with Crippen molar-refractivity contribution in [2.45, 2.75) is 0 Å². The van der Waals surface area contributed by atoms with Gasteiger partial charge in [0.25, 0.3) is 5.91 Å². The highest BCUT2D eigenvalue weighted by molar-refractivity contribution is 5.93. The third-order valence-electron chi connectivity index (χ3n) is 2.53. The lowest BCUT2D eigenvalue weighted by molar-refractivity contribution is 0.0949. The quantitative estimate of drug-likeness (QED) is 0.640. The van der Waals surface area contributed by atoms with Crippen molar-refractivity contribution in [3.8, 4) is 11.5 Å². The van der Waals surface area contributed by atoms with Crippen LogP contribution in [0, 0.1) is 0 Å². The smallest absolute Gasteiger partial charge is 0.291 e. The Morgan fingerprint density at radius 1 is 1.50 bits per heavy atom. The van der Waals surface area contributed by atoms with Crippen molar-refractivity contribution in [2.24, 2.45) is 12.1 Å². The van der Waals surface area contributed by atoms with Gasteiger partial charge in [0.05, 0.1) is 13.3 Å². The minimum Gasteiger partial charge on any atom is -0.504 e. The molecule has 0 fully saturated rings. The highest BCUT2D eigenvalue weighted by atomic mass is 16.5. The molecule has 7 heteroatoms. The Labute approximate surface area is 115 Å². The van der Waals surface area contributed by atoms with E-state index in [2.05, 4.69) is 15.6 Å². The second-order valence-electron chi connectivity index (χ2n) is 4.01. The molecular formula is C13H14N4O3. The number of benzene rings is 1. The van der Waals surface area contributed by atoms with Crippen molar-refractivity contribution in [2.75, 3.05) is 7.11 Å². The van der Waals surface area contributed by atoms with Gasteiger partial charge in [-0.2, -0.15) is 10.2 Å². The maximum Gasteiger partial charge on any atom is 0.291 e. The highest BCUT2D eigenvalue weighted by Crippen LogP contribution is 2.25. The summed E-state index contributed by atoms with van der Waals surface area (Å²) in [5, 5.41) is 17.3. The molecule has 0 saturated carbocycles. The van der Waals surface area contributed by atoms with Crippen LogP contribution in [0.5, 0.6) is 11.5 Å². The van der Waals surface area contributed by atoms with E-state index in [9.17, 15) is 9.90 Å². The van der Waals surface area contributed by atoms with E-state index in [1.807, 2.05) is 0 Å². The standard InChI is InChI=1S/C13H14N4O3/c1-17-6-5-10(16-17)13(19)15-14-8-9-3-4-12(20-2)11(18)7-9/h3-8,18H,1-2H3,(H,15,19)/b14-8+. The predicted octanol–water partition coefficient (Wildman–Crippen LogP) is 0.898. The van der Waals surface area contributed by atoms with E-state index in [1.54, 1.807) is 31.4 Å². The number of aromatic nitrogens is 2. The molecule has 0 radical (unpaired) electrons. The maximum atomic E-state index is 11.6. The molecule has 0 bridgehead atoms. The highest BCUT2D eigenvalue weighted by Gasteiger charge is 2.06. The Bertz CT molecular complexity index is 649. The fraction of sp³-hybridized carbons (Fsp3) is 0.154. The molecule has 2 aromatic rings. The zero-order valence-corrected chi connectivity index (χ0v) is 11.1. The zero-order chi connectivity index (χ0) is 14.5. The van der Waals surface area contributed by atoms with Gasteiger partial charge in [-0.3, -0.25) is 9.48 Å². The van der Waals surface area contributed by atoms with Crippen molar-refractivity contribution < 1.29 is 14.6 Å². The summed E-state index contributed by atoms with van der Waals surface area (Å²) in [6, 6.07) is 6.38. The molecule has 0 aliphatic carbocycles. The molecule has 0 saturated heterocycles. The number of ether oxygens (including phenoxy) is 1. The summed E-state index contributed by atoms with van der Waals surface area (Å²) < 4.78 is 6.46. The van der Waals surface area contributed by atoms with Crippen LogP contribution in [-0.4, -0.2) is 34.1 Å². The molecule has 0 unspecified atom stereocenters. The van der Waals surface area contributed by atoms with E-state index >= 15 is 0 Å². The number of hydrogen-bond donors (Lipinski definition) is 2. The maximum absolute atomic E-state index is 11.6. The molecule has 1 aromatic carbocycles. The van der Waals surface area contributed by atoms with Gasteiger partial charge >= 0.3 is 0 Å². The summed E-state index contributed by atoms with van der Waals surface area (Å²) in [6.07, 6.45) is 3.08. The first-order chi connectivity index (χ1) is 9.60. The van der Waals surface area contributed by atoms with Gasteiger partial charge in [0, 0.05) is 13.2 Å². The number of aryl methyl sites for hydroxylation is 1. The molecule has 2 rings (SSSR count). The largest absolute Gasteiger partial charge is 0.504 e. The molecule has 104 valence electrons. The molecular weight excluding hydrogens is 260 g/mol. The molecule has 1 heterocycles. The van der Waals surface area contributed by atoms with Crippen molar-refractivity contribution in [3.63, 3.8) is 0 Å². The molecule has 0 atom stereocenters. The van der Waals surface area contributed by atoms with Crippen molar-refractivity contribution in [1.82, 2.24) is 15.2 Å². The Balaban J connectivity index is 2.00. The number of nitrogens with zero attached hydrogens (tertiary/aromatic N) is 3. The van der Waals surface area contributed by atoms with Crippen molar-refractivity contribution >= 4 is 12.1 Å². The average Bonchev–Trinajstić information content (AvgIpc) is 2.85. The summed E-state index contributed by atoms with van der Waals surface area (Å²) in [6.45, 7) is 0. The number of methoxy groups -OCH3 is 1. The molecule has 2 N–H and O–H groups in total. The number of hydrogen-bond acceptors (Lipinski definition) is 5. The second kappa shape index (κ2) is 5.87. The Morgan fingerprint density at radius 3 is 2.90 bits per heavy atom. The third kappa shape index (κ3) is 3.14. The first kappa shape index (κ1) is 13.6. The summed E-state index contributed by atoms with van der Waals surface area (Å²) in [7, 11) is 3.19. The Morgan fingerprint density at radius 2 is 2.30 bits per heavy atom. The van der Waals surface area contributed by atoms with Gasteiger partial charge in [-0.05, 0) is 29.8 Å². The van der Waals surface area contributed by atoms with Crippen LogP contribution >= 0.6 is 0 Å². The number of phenols is 1. The lowest BCUT2D eigenvalue weighted by atomic mass is 10.2. The van der Waals surface area contributed by atoms with E-state index in [-0.39, 0.29) is 11.4 Å². The van der Waals surface area contributed by atoms with Crippen LogP contribution in [0.4, 0.5) is 0 Å². The van der Waals surface area contributed by atoms with E-state index in [4.69, 9.17) is 4.74 Å². The van der Waals surface area contributed by atoms with Crippen molar-refractivity contribution in [3.05, 3.63) is 41.7 Å². The number of hydrazone groups is 1. The van der Waals surface area contributed by atoms with Gasteiger partial charge in [-0.1, -0.05) is 0 Å². The lowest BCUT2D eigenvalue weighted by Crippen LogP contribution is -2.18. The predicted molar refractivity (Wildman–Crippen MR) is 72.9 cm³/mol. The number of aromatic hydroxyl groups is 1. The van der Waals surface area contributed by atoms with Crippen LogP contribution in [0.2, 0.25) is 0 Å². The first-order valence-electron chi connectivity index (χ1n) is 5.80. The Hall–Kier alpha value is -2.83. The van der Waals surface area contributed by atoms with Gasteiger partial charge in [0.1, 0.15) is 0 Å². The van der Waals surface area contributed by atoms with Gasteiger partial charge in [-0.15, -0.1) is 0 Å². The van der Waals surface area contributed by atoms with Crippen LogP contribution in [0.25, 0.3) is 0 Å². The molecule has 1 amide bonds. The van der Waals surface area contributed by atoms with Crippen molar-refractivity contribution in [1.29, 1.82) is 0 Å². The second-order valence-corrected chi connectivity index (χ2v) is 4.01. The fourth-order valence-corrected chi connectivity index (χ4v) is 1.55. The monoisotopic (exact) mass is 274 g/mol. The number of nitrogens with one attached hydrogen (secondary N) is 1. The Kier molecular flexibility index (Phi) is 3.99. The minimum atomic E-state index is -0.403. The summed E-state index contributed by atoms with van der Waals surface area (Å²) in [5.74, 6) is -0.0215. The van der Waals surface area contributed by atoms with E-state index < -0.39 is 5.91 Å². The minimum absolute atomic E-state index is 0.00695. The zero-order valence-electron chi connectivity index (χ0n) is 11.1. The molecule has 0 spiro atoms. The topological polar surface area (TPSA) is 88.7 Å². The summed E-state index contributed by atoms with van der Waals surface area (Å²) in [4.78, 5) is 11.6. The molecule has 1 aromatic heterocycles. The van der Waals surface area contributed by atoms with Gasteiger partial charge < -0.3 is 9.84 Å². The van der Waals surface area contributed by atoms with Crippen LogP contribution in [0.3, 0.4) is 0 Å². The SMILES string of the molecule is COc1ccc(/C=N/NC(=O)c2ccn(C)n2)cc1O. The fourth-order valence-electron chi connectivity index (χ4n) is 1.55. The van der Waals surface area contributed by atoms with Crippen LogP contribution in [0.15, 0.2) is 35.6 Å². The lowest BCUT2D eigenvalue weighted by Gasteiger charge is -2.03. The average molecular weight is 274 g/mol. The molecule has 20 heavy (non-hydrogen) atoms. The van der Waals surface area contributed by atoms with Gasteiger partial charge in [-0.25, -0.2) is 5.43 Å². The van der Waals surface area contributed by atoms with E-state index in [0.717, 1.165) is 0 Å². The van der Waals surface area contributed by atoms with Gasteiger partial charge in [0.2, 0.25) is 0 Å². The summed E-state index contributed by atoms with van der Waals surface area (Å²) >= 11 is 0. The van der Waals surface area contributed by atoms with Gasteiger partial charge in [0.15, 0.2) is 17.2 Å². The first-order valence-corrected chi connectivity index (χ1v) is 5.80.